The molecule has 0 unspecified atom stereocenters. The fourth-order valence-electron chi connectivity index (χ4n) is 3.25. The number of para-hydroxylation sites is 1. The van der Waals surface area contributed by atoms with Gasteiger partial charge in [0.25, 0.3) is 0 Å². The molecule has 0 N–H and O–H groups in total. The molecular formula is C23H20FN3OS. The van der Waals surface area contributed by atoms with Crippen LogP contribution in [0.4, 0.5) is 9.52 Å². The topological polar surface area (TPSA) is 46.1 Å². The zero-order chi connectivity index (χ0) is 20.4. The molecule has 0 aliphatic carbocycles. The van der Waals surface area contributed by atoms with Gasteiger partial charge in [0.05, 0.1) is 17.7 Å². The molecule has 0 bridgehead atoms. The molecule has 6 heteroatoms. The van der Waals surface area contributed by atoms with E-state index in [0.717, 1.165) is 27.0 Å². The smallest absolute Gasteiger partial charge is 0.233 e. The third kappa shape index (κ3) is 4.17. The Hall–Kier alpha value is -3.12. The molecule has 0 aliphatic heterocycles. The van der Waals surface area contributed by atoms with Gasteiger partial charge in [-0.3, -0.25) is 14.7 Å². The van der Waals surface area contributed by atoms with Crippen molar-refractivity contribution in [3.8, 4) is 0 Å². The molecule has 146 valence electrons. The Labute approximate surface area is 172 Å². The zero-order valence-corrected chi connectivity index (χ0v) is 17.0. The van der Waals surface area contributed by atoms with E-state index in [9.17, 15) is 9.18 Å². The van der Waals surface area contributed by atoms with Crippen LogP contribution in [-0.4, -0.2) is 15.9 Å². The highest BCUT2D eigenvalue weighted by atomic mass is 32.1. The monoisotopic (exact) mass is 405 g/mol. The molecule has 0 saturated heterocycles. The van der Waals surface area contributed by atoms with Gasteiger partial charge in [0.15, 0.2) is 5.13 Å². The van der Waals surface area contributed by atoms with Crippen molar-refractivity contribution in [2.45, 2.75) is 26.8 Å². The minimum absolute atomic E-state index is 0.0757. The van der Waals surface area contributed by atoms with Crippen LogP contribution in [0.5, 0.6) is 0 Å². The van der Waals surface area contributed by atoms with E-state index in [-0.39, 0.29) is 18.1 Å². The Bertz CT molecular complexity index is 1170. The van der Waals surface area contributed by atoms with Gasteiger partial charge < -0.3 is 0 Å². The van der Waals surface area contributed by atoms with Crippen LogP contribution >= 0.6 is 11.3 Å². The summed E-state index contributed by atoms with van der Waals surface area (Å²) in [5.74, 6) is -0.455. The van der Waals surface area contributed by atoms with E-state index in [2.05, 4.69) is 16.0 Å². The first kappa shape index (κ1) is 19.2. The van der Waals surface area contributed by atoms with Crippen molar-refractivity contribution in [2.75, 3.05) is 4.90 Å². The van der Waals surface area contributed by atoms with E-state index in [1.807, 2.05) is 44.2 Å². The highest BCUT2D eigenvalue weighted by molar-refractivity contribution is 7.22. The summed E-state index contributed by atoms with van der Waals surface area (Å²) in [4.78, 5) is 23.4. The number of halogens is 1. The summed E-state index contributed by atoms with van der Waals surface area (Å²) in [6.07, 6.45) is 3.65. The second-order valence-electron chi connectivity index (χ2n) is 7.03. The van der Waals surface area contributed by atoms with E-state index < -0.39 is 0 Å². The standard InChI is InChI=1S/C23H20FN3OS/c1-15-6-7-18(16(2)12-15)13-21(28)27(14-17-8-10-25-11-9-17)23-26-22-19(24)4-3-5-20(22)29-23/h3-12H,13-14H2,1-2H3. The van der Waals surface area contributed by atoms with Gasteiger partial charge in [0, 0.05) is 12.4 Å². The number of hydrogen-bond acceptors (Lipinski definition) is 4. The second-order valence-corrected chi connectivity index (χ2v) is 8.03. The van der Waals surface area contributed by atoms with Crippen molar-refractivity contribution in [2.24, 2.45) is 0 Å². The molecular weight excluding hydrogens is 385 g/mol. The highest BCUT2D eigenvalue weighted by Gasteiger charge is 2.22. The molecule has 0 fully saturated rings. The molecule has 4 aromatic rings. The van der Waals surface area contributed by atoms with Crippen molar-refractivity contribution >= 4 is 32.6 Å². The minimum Gasteiger partial charge on any atom is -0.283 e. The molecule has 2 aromatic heterocycles. The molecule has 0 atom stereocenters. The van der Waals surface area contributed by atoms with Gasteiger partial charge in [0.2, 0.25) is 5.91 Å². The van der Waals surface area contributed by atoms with Crippen molar-refractivity contribution in [1.29, 1.82) is 0 Å². The molecule has 0 spiro atoms. The lowest BCUT2D eigenvalue weighted by molar-refractivity contribution is -0.118. The number of benzene rings is 2. The Morgan fingerprint density at radius 2 is 1.90 bits per heavy atom. The van der Waals surface area contributed by atoms with Gasteiger partial charge >= 0.3 is 0 Å². The molecule has 2 heterocycles. The first-order chi connectivity index (χ1) is 14.0. The first-order valence-electron chi connectivity index (χ1n) is 9.32. The number of rotatable bonds is 5. The van der Waals surface area contributed by atoms with Crippen LogP contribution in [-0.2, 0) is 17.8 Å². The van der Waals surface area contributed by atoms with E-state index in [0.29, 0.717) is 17.2 Å². The molecule has 29 heavy (non-hydrogen) atoms. The van der Waals surface area contributed by atoms with E-state index in [4.69, 9.17) is 0 Å². The van der Waals surface area contributed by atoms with E-state index in [1.54, 1.807) is 23.4 Å². The molecule has 4 rings (SSSR count). The van der Waals surface area contributed by atoms with Crippen LogP contribution in [0.25, 0.3) is 10.2 Å². The number of nitrogens with zero attached hydrogens (tertiary/aromatic N) is 3. The molecule has 0 saturated carbocycles. The normalized spacial score (nSPS) is 11.0. The van der Waals surface area contributed by atoms with Gasteiger partial charge in [-0.15, -0.1) is 0 Å². The van der Waals surface area contributed by atoms with Gasteiger partial charge in [-0.25, -0.2) is 9.37 Å². The minimum atomic E-state index is -0.379. The lowest BCUT2D eigenvalue weighted by atomic mass is 10.0. The Kier molecular flexibility index (Phi) is 5.36. The summed E-state index contributed by atoms with van der Waals surface area (Å²) in [7, 11) is 0. The highest BCUT2D eigenvalue weighted by Crippen LogP contribution is 2.31. The summed E-state index contributed by atoms with van der Waals surface area (Å²) in [5.41, 5.74) is 4.46. The van der Waals surface area contributed by atoms with E-state index >= 15 is 0 Å². The third-order valence-electron chi connectivity index (χ3n) is 4.82. The number of amides is 1. The Morgan fingerprint density at radius 3 is 2.62 bits per heavy atom. The average molecular weight is 405 g/mol. The van der Waals surface area contributed by atoms with Crippen LogP contribution < -0.4 is 4.90 Å². The SMILES string of the molecule is Cc1ccc(CC(=O)N(Cc2ccncc2)c2nc3c(F)cccc3s2)c(C)c1. The average Bonchev–Trinajstić information content (AvgIpc) is 3.14. The first-order valence-corrected chi connectivity index (χ1v) is 10.1. The van der Waals surface area contributed by atoms with Gasteiger partial charge in [-0.05, 0) is 54.8 Å². The van der Waals surface area contributed by atoms with Crippen molar-refractivity contribution in [3.63, 3.8) is 0 Å². The lowest BCUT2D eigenvalue weighted by Crippen LogP contribution is -2.32. The fraction of sp³-hybridized carbons (Fsp3) is 0.174. The summed E-state index contributed by atoms with van der Waals surface area (Å²) in [6, 6.07) is 14.7. The quantitative estimate of drug-likeness (QED) is 0.457. The number of pyridine rings is 1. The number of carbonyl (C=O) groups excluding carboxylic acids is 1. The maximum atomic E-state index is 14.2. The molecule has 4 nitrogen and oxygen atoms in total. The second kappa shape index (κ2) is 8.09. The number of aryl methyl sites for hydroxylation is 2. The maximum Gasteiger partial charge on any atom is 0.233 e. The van der Waals surface area contributed by atoms with Gasteiger partial charge in [0.1, 0.15) is 11.3 Å². The van der Waals surface area contributed by atoms with Crippen LogP contribution in [0.15, 0.2) is 60.9 Å². The summed E-state index contributed by atoms with van der Waals surface area (Å²) in [5, 5.41) is 0.497. The zero-order valence-electron chi connectivity index (χ0n) is 16.2. The Morgan fingerprint density at radius 1 is 1.10 bits per heavy atom. The number of aromatic nitrogens is 2. The number of anilines is 1. The lowest BCUT2D eigenvalue weighted by Gasteiger charge is -2.20. The summed E-state index contributed by atoms with van der Waals surface area (Å²) < 4.78 is 14.9. The van der Waals surface area contributed by atoms with Crippen molar-refractivity contribution in [1.82, 2.24) is 9.97 Å². The van der Waals surface area contributed by atoms with Crippen molar-refractivity contribution < 1.29 is 9.18 Å². The summed E-state index contributed by atoms with van der Waals surface area (Å²) >= 11 is 1.32. The van der Waals surface area contributed by atoms with Crippen LogP contribution in [0.2, 0.25) is 0 Å². The number of hydrogen-bond donors (Lipinski definition) is 0. The van der Waals surface area contributed by atoms with Crippen LogP contribution in [0, 0.1) is 19.7 Å². The van der Waals surface area contributed by atoms with Gasteiger partial charge in [-0.2, -0.15) is 0 Å². The van der Waals surface area contributed by atoms with Gasteiger partial charge in [-0.1, -0.05) is 41.2 Å². The predicted molar refractivity (Wildman–Crippen MR) is 115 cm³/mol. The third-order valence-corrected chi connectivity index (χ3v) is 5.86. The molecule has 0 aliphatic rings. The molecule has 1 amide bonds. The molecule has 0 radical (unpaired) electrons. The maximum absolute atomic E-state index is 14.2. The molecule has 2 aromatic carbocycles. The number of fused-ring (bicyclic) bond motifs is 1. The van der Waals surface area contributed by atoms with Crippen molar-refractivity contribution in [3.05, 3.63) is 89.0 Å². The Balaban J connectivity index is 1.70. The van der Waals surface area contributed by atoms with E-state index in [1.165, 1.54) is 17.4 Å². The van der Waals surface area contributed by atoms with Crippen LogP contribution in [0.1, 0.15) is 22.3 Å². The summed E-state index contributed by atoms with van der Waals surface area (Å²) in [6.45, 7) is 4.40. The number of carbonyl (C=O) groups is 1. The van der Waals surface area contributed by atoms with Crippen LogP contribution in [0.3, 0.4) is 0 Å². The fourth-order valence-corrected chi connectivity index (χ4v) is 4.25. The predicted octanol–water partition coefficient (Wildman–Crippen LogP) is 5.22. The largest absolute Gasteiger partial charge is 0.283 e. The number of thiazole rings is 1.